The molecule has 1 unspecified atom stereocenters. The fourth-order valence-electron chi connectivity index (χ4n) is 1.42. The molecule has 1 aromatic carbocycles. The smallest absolute Gasteiger partial charge is 0.123 e. The molecule has 0 aliphatic carbocycles. The standard InChI is InChI=1S/C13H21FN2/c1-10(2)13(3,9-15)16-8-11-4-6-12(14)7-5-11/h4-7,10,16H,8-9,15H2,1-3H3. The Morgan fingerprint density at radius 2 is 1.88 bits per heavy atom. The van der Waals surface area contributed by atoms with Crippen molar-refractivity contribution in [2.75, 3.05) is 6.54 Å². The van der Waals surface area contributed by atoms with E-state index < -0.39 is 0 Å². The van der Waals surface area contributed by atoms with Gasteiger partial charge >= 0.3 is 0 Å². The highest BCUT2D eigenvalue weighted by Crippen LogP contribution is 2.15. The van der Waals surface area contributed by atoms with Gasteiger partial charge in [0.1, 0.15) is 5.82 Å². The second kappa shape index (κ2) is 5.41. The van der Waals surface area contributed by atoms with Crippen molar-refractivity contribution < 1.29 is 4.39 Å². The van der Waals surface area contributed by atoms with Crippen LogP contribution in [0.25, 0.3) is 0 Å². The van der Waals surface area contributed by atoms with Crippen molar-refractivity contribution in [3.8, 4) is 0 Å². The summed E-state index contributed by atoms with van der Waals surface area (Å²) in [5.41, 5.74) is 6.77. The van der Waals surface area contributed by atoms with Crippen LogP contribution in [0, 0.1) is 11.7 Å². The number of hydrogen-bond donors (Lipinski definition) is 2. The third-order valence-electron chi connectivity index (χ3n) is 3.31. The average molecular weight is 224 g/mol. The van der Waals surface area contributed by atoms with E-state index in [2.05, 4.69) is 26.1 Å². The zero-order valence-electron chi connectivity index (χ0n) is 10.3. The molecule has 0 aliphatic heterocycles. The van der Waals surface area contributed by atoms with E-state index in [1.54, 1.807) is 12.1 Å². The lowest BCUT2D eigenvalue weighted by Gasteiger charge is -2.33. The van der Waals surface area contributed by atoms with Crippen LogP contribution in [0.5, 0.6) is 0 Å². The Morgan fingerprint density at radius 1 is 1.31 bits per heavy atom. The highest BCUT2D eigenvalue weighted by Gasteiger charge is 2.25. The minimum atomic E-state index is -0.200. The van der Waals surface area contributed by atoms with Gasteiger partial charge in [0.2, 0.25) is 0 Å². The molecule has 0 aromatic heterocycles. The molecule has 0 radical (unpaired) electrons. The molecule has 2 nitrogen and oxygen atoms in total. The molecule has 16 heavy (non-hydrogen) atoms. The van der Waals surface area contributed by atoms with Gasteiger partial charge in [0.25, 0.3) is 0 Å². The van der Waals surface area contributed by atoms with E-state index in [0.29, 0.717) is 19.0 Å². The summed E-state index contributed by atoms with van der Waals surface area (Å²) in [5.74, 6) is 0.257. The Morgan fingerprint density at radius 3 is 2.31 bits per heavy atom. The predicted molar refractivity (Wildman–Crippen MR) is 65.5 cm³/mol. The number of halogens is 1. The summed E-state index contributed by atoms with van der Waals surface area (Å²) >= 11 is 0. The second-order valence-corrected chi connectivity index (χ2v) is 4.76. The first kappa shape index (κ1) is 13.1. The van der Waals surface area contributed by atoms with Gasteiger partial charge in [-0.2, -0.15) is 0 Å². The largest absolute Gasteiger partial charge is 0.329 e. The number of nitrogens with two attached hydrogens (primary N) is 1. The number of benzene rings is 1. The van der Waals surface area contributed by atoms with Crippen molar-refractivity contribution in [1.29, 1.82) is 0 Å². The zero-order chi connectivity index (χ0) is 12.2. The Balaban J connectivity index is 2.59. The van der Waals surface area contributed by atoms with Crippen LogP contribution in [0.1, 0.15) is 26.3 Å². The first-order chi connectivity index (χ1) is 7.48. The zero-order valence-corrected chi connectivity index (χ0v) is 10.3. The second-order valence-electron chi connectivity index (χ2n) is 4.76. The van der Waals surface area contributed by atoms with Crippen LogP contribution in [0.4, 0.5) is 4.39 Å². The van der Waals surface area contributed by atoms with E-state index >= 15 is 0 Å². The Kier molecular flexibility index (Phi) is 4.44. The Hall–Kier alpha value is -0.930. The molecular formula is C13H21FN2. The SMILES string of the molecule is CC(C)C(C)(CN)NCc1ccc(F)cc1. The minimum Gasteiger partial charge on any atom is -0.329 e. The number of rotatable bonds is 5. The highest BCUT2D eigenvalue weighted by atomic mass is 19.1. The maximum absolute atomic E-state index is 12.7. The van der Waals surface area contributed by atoms with Crippen LogP contribution in [0.2, 0.25) is 0 Å². The third kappa shape index (κ3) is 3.29. The van der Waals surface area contributed by atoms with E-state index in [1.807, 2.05) is 0 Å². The molecule has 0 heterocycles. The lowest BCUT2D eigenvalue weighted by atomic mass is 9.88. The molecule has 0 spiro atoms. The highest BCUT2D eigenvalue weighted by molar-refractivity contribution is 5.16. The summed E-state index contributed by atoms with van der Waals surface area (Å²) in [4.78, 5) is 0. The van der Waals surface area contributed by atoms with Crippen LogP contribution < -0.4 is 11.1 Å². The number of hydrogen-bond acceptors (Lipinski definition) is 2. The first-order valence-corrected chi connectivity index (χ1v) is 5.67. The molecule has 0 saturated heterocycles. The first-order valence-electron chi connectivity index (χ1n) is 5.67. The summed E-state index contributed by atoms with van der Waals surface area (Å²) in [5, 5.41) is 3.43. The summed E-state index contributed by atoms with van der Waals surface area (Å²) in [7, 11) is 0. The normalized spacial score (nSPS) is 15.1. The molecule has 0 saturated carbocycles. The van der Waals surface area contributed by atoms with E-state index in [1.165, 1.54) is 12.1 Å². The topological polar surface area (TPSA) is 38.0 Å². The summed E-state index contributed by atoms with van der Waals surface area (Å²) in [6.07, 6.45) is 0. The average Bonchev–Trinajstić information content (AvgIpc) is 2.27. The predicted octanol–water partition coefficient (Wildman–Crippen LogP) is 2.29. The molecule has 0 fully saturated rings. The molecule has 0 aliphatic rings. The maximum Gasteiger partial charge on any atom is 0.123 e. The fourth-order valence-corrected chi connectivity index (χ4v) is 1.42. The monoisotopic (exact) mass is 224 g/mol. The van der Waals surface area contributed by atoms with Gasteiger partial charge in [-0.3, -0.25) is 0 Å². The molecule has 3 heteroatoms. The molecule has 0 amide bonds. The van der Waals surface area contributed by atoms with Crippen molar-refractivity contribution in [3.63, 3.8) is 0 Å². The van der Waals surface area contributed by atoms with Gasteiger partial charge in [-0.05, 0) is 30.5 Å². The van der Waals surface area contributed by atoms with Gasteiger partial charge in [-0.25, -0.2) is 4.39 Å². The minimum absolute atomic E-state index is 0.0750. The lowest BCUT2D eigenvalue weighted by molar-refractivity contribution is 0.267. The summed E-state index contributed by atoms with van der Waals surface area (Å²) < 4.78 is 12.7. The van der Waals surface area contributed by atoms with Gasteiger partial charge in [0.05, 0.1) is 0 Å². The van der Waals surface area contributed by atoms with Crippen LogP contribution in [-0.4, -0.2) is 12.1 Å². The van der Waals surface area contributed by atoms with Crippen LogP contribution >= 0.6 is 0 Å². The third-order valence-corrected chi connectivity index (χ3v) is 3.31. The quantitative estimate of drug-likeness (QED) is 0.805. The molecule has 3 N–H and O–H groups in total. The lowest BCUT2D eigenvalue weighted by Crippen LogP contribution is -2.52. The van der Waals surface area contributed by atoms with Crippen molar-refractivity contribution in [2.45, 2.75) is 32.9 Å². The van der Waals surface area contributed by atoms with Crippen molar-refractivity contribution in [3.05, 3.63) is 35.6 Å². The van der Waals surface area contributed by atoms with Crippen molar-refractivity contribution in [2.24, 2.45) is 11.7 Å². The Bertz CT molecular complexity index is 321. The molecule has 90 valence electrons. The van der Waals surface area contributed by atoms with Gasteiger partial charge in [0.15, 0.2) is 0 Å². The van der Waals surface area contributed by atoms with E-state index in [9.17, 15) is 4.39 Å². The van der Waals surface area contributed by atoms with E-state index in [-0.39, 0.29) is 11.4 Å². The van der Waals surface area contributed by atoms with Crippen LogP contribution in [0.15, 0.2) is 24.3 Å². The molecule has 1 atom stereocenters. The fraction of sp³-hybridized carbons (Fsp3) is 0.538. The van der Waals surface area contributed by atoms with Gasteiger partial charge in [0, 0.05) is 18.6 Å². The maximum atomic E-state index is 12.7. The van der Waals surface area contributed by atoms with Crippen molar-refractivity contribution >= 4 is 0 Å². The molecule has 1 rings (SSSR count). The van der Waals surface area contributed by atoms with Crippen molar-refractivity contribution in [1.82, 2.24) is 5.32 Å². The summed E-state index contributed by atoms with van der Waals surface area (Å²) in [6, 6.07) is 6.54. The van der Waals surface area contributed by atoms with Gasteiger partial charge < -0.3 is 11.1 Å². The molecular weight excluding hydrogens is 203 g/mol. The summed E-state index contributed by atoms with van der Waals surface area (Å²) in [6.45, 7) is 7.70. The molecule has 0 bridgehead atoms. The Labute approximate surface area is 97.0 Å². The van der Waals surface area contributed by atoms with E-state index in [0.717, 1.165) is 5.56 Å². The number of nitrogens with one attached hydrogen (secondary N) is 1. The van der Waals surface area contributed by atoms with Crippen LogP contribution in [0.3, 0.4) is 0 Å². The van der Waals surface area contributed by atoms with Crippen LogP contribution in [-0.2, 0) is 6.54 Å². The van der Waals surface area contributed by atoms with Gasteiger partial charge in [-0.1, -0.05) is 26.0 Å². The van der Waals surface area contributed by atoms with Gasteiger partial charge in [-0.15, -0.1) is 0 Å². The van der Waals surface area contributed by atoms with E-state index in [4.69, 9.17) is 5.73 Å². The molecule has 1 aromatic rings.